The molecule has 0 atom stereocenters. The highest BCUT2D eigenvalue weighted by atomic mass is 15.6. The summed E-state index contributed by atoms with van der Waals surface area (Å²) in [5.41, 5.74) is 8.01. The Labute approximate surface area is 113 Å². The van der Waals surface area contributed by atoms with E-state index in [0.717, 1.165) is 18.8 Å². The molecule has 102 valence electrons. The van der Waals surface area contributed by atoms with Crippen molar-refractivity contribution < 1.29 is 0 Å². The summed E-state index contributed by atoms with van der Waals surface area (Å²) in [5.74, 6) is 0.723. The Bertz CT molecular complexity index is 521. The van der Waals surface area contributed by atoms with Crippen LogP contribution in [0.15, 0.2) is 24.3 Å². The first-order valence-electron chi connectivity index (χ1n) is 6.43. The van der Waals surface area contributed by atoms with Gasteiger partial charge in [0, 0.05) is 12.2 Å². The van der Waals surface area contributed by atoms with Crippen molar-refractivity contribution in [2.24, 2.45) is 12.8 Å². The molecule has 0 spiro atoms. The first kappa shape index (κ1) is 13.5. The average Bonchev–Trinajstić information content (AvgIpc) is 2.80. The van der Waals surface area contributed by atoms with Crippen molar-refractivity contribution in [3.63, 3.8) is 0 Å². The minimum atomic E-state index is 0.650. The fourth-order valence-corrected chi connectivity index (χ4v) is 1.96. The minimum absolute atomic E-state index is 0.650. The number of benzene rings is 1. The maximum absolute atomic E-state index is 5.61. The number of hydrogen-bond acceptors (Lipinski definition) is 5. The number of tetrazole rings is 1. The minimum Gasteiger partial charge on any atom is -0.364 e. The number of nitrogens with two attached hydrogens (primary N) is 1. The van der Waals surface area contributed by atoms with E-state index in [1.165, 1.54) is 16.0 Å². The lowest BCUT2D eigenvalue weighted by atomic mass is 10.2. The molecule has 1 aromatic carbocycles. The Balaban J connectivity index is 2.15. The lowest BCUT2D eigenvalue weighted by molar-refractivity contribution is 0.625. The van der Waals surface area contributed by atoms with E-state index in [4.69, 9.17) is 5.73 Å². The van der Waals surface area contributed by atoms with E-state index in [0.29, 0.717) is 13.1 Å². The molecule has 0 aliphatic carbocycles. The Morgan fingerprint density at radius 3 is 2.84 bits per heavy atom. The molecule has 0 saturated carbocycles. The van der Waals surface area contributed by atoms with E-state index in [-0.39, 0.29) is 0 Å². The third-order valence-electron chi connectivity index (χ3n) is 2.88. The maximum atomic E-state index is 5.61. The van der Waals surface area contributed by atoms with Crippen LogP contribution in [0.3, 0.4) is 0 Å². The molecule has 19 heavy (non-hydrogen) atoms. The summed E-state index contributed by atoms with van der Waals surface area (Å²) >= 11 is 0. The highest BCUT2D eigenvalue weighted by molar-refractivity contribution is 5.48. The van der Waals surface area contributed by atoms with E-state index in [1.807, 2.05) is 0 Å². The van der Waals surface area contributed by atoms with Crippen LogP contribution in [0, 0.1) is 6.92 Å². The van der Waals surface area contributed by atoms with Crippen molar-refractivity contribution in [3.05, 3.63) is 35.7 Å². The maximum Gasteiger partial charge on any atom is 0.193 e. The van der Waals surface area contributed by atoms with Gasteiger partial charge in [0.15, 0.2) is 5.82 Å². The predicted octanol–water partition coefficient (Wildman–Crippen LogP) is 0.874. The molecule has 0 unspecified atom stereocenters. The number of rotatable bonds is 6. The molecule has 6 nitrogen and oxygen atoms in total. The Hall–Kier alpha value is -1.95. The predicted molar refractivity (Wildman–Crippen MR) is 74.7 cm³/mol. The van der Waals surface area contributed by atoms with Crippen molar-refractivity contribution in [1.82, 2.24) is 20.2 Å². The average molecular weight is 260 g/mol. The van der Waals surface area contributed by atoms with Crippen molar-refractivity contribution in [3.8, 4) is 0 Å². The van der Waals surface area contributed by atoms with E-state index < -0.39 is 0 Å². The molecule has 6 heteroatoms. The summed E-state index contributed by atoms with van der Waals surface area (Å²) in [7, 11) is 1.77. The van der Waals surface area contributed by atoms with Crippen LogP contribution in [0.5, 0.6) is 0 Å². The number of aryl methyl sites for hydroxylation is 2. The molecule has 2 rings (SSSR count). The van der Waals surface area contributed by atoms with Crippen LogP contribution < -0.4 is 10.6 Å². The largest absolute Gasteiger partial charge is 0.364 e. The number of anilines is 1. The molecule has 0 bridgehead atoms. The number of nitrogens with zero attached hydrogens (tertiary/aromatic N) is 5. The lowest BCUT2D eigenvalue weighted by Gasteiger charge is -2.23. The van der Waals surface area contributed by atoms with E-state index in [2.05, 4.69) is 51.5 Å². The van der Waals surface area contributed by atoms with Crippen molar-refractivity contribution in [2.45, 2.75) is 19.9 Å². The van der Waals surface area contributed by atoms with Crippen LogP contribution in [0.4, 0.5) is 5.69 Å². The molecular formula is C13H20N6. The molecule has 0 amide bonds. The molecule has 0 fully saturated rings. The smallest absolute Gasteiger partial charge is 0.193 e. The molecule has 2 aromatic rings. The van der Waals surface area contributed by atoms with Gasteiger partial charge >= 0.3 is 0 Å². The summed E-state index contributed by atoms with van der Waals surface area (Å²) in [6, 6.07) is 8.40. The van der Waals surface area contributed by atoms with Crippen molar-refractivity contribution in [1.29, 1.82) is 0 Å². The highest BCUT2D eigenvalue weighted by Crippen LogP contribution is 2.17. The van der Waals surface area contributed by atoms with Crippen LogP contribution in [-0.4, -0.2) is 33.3 Å². The quantitative estimate of drug-likeness (QED) is 0.834. The third kappa shape index (κ3) is 3.75. The fraction of sp³-hybridized carbons (Fsp3) is 0.462. The summed E-state index contributed by atoms with van der Waals surface area (Å²) < 4.78 is 0. The standard InChI is InChI=1S/C13H20N6/c1-11-5-3-6-12(9-11)19(8-4-7-14)10-13-15-17-18(2)16-13/h3,5-6,9H,4,7-8,10,14H2,1-2H3. The Morgan fingerprint density at radius 1 is 1.37 bits per heavy atom. The van der Waals surface area contributed by atoms with Gasteiger partial charge in [0.1, 0.15) is 0 Å². The molecule has 0 radical (unpaired) electrons. The molecule has 0 aliphatic heterocycles. The second-order valence-corrected chi connectivity index (χ2v) is 4.60. The summed E-state index contributed by atoms with van der Waals surface area (Å²) in [4.78, 5) is 3.71. The van der Waals surface area contributed by atoms with Gasteiger partial charge in [-0.05, 0) is 42.8 Å². The van der Waals surface area contributed by atoms with Crippen LogP contribution in [0.1, 0.15) is 17.8 Å². The second-order valence-electron chi connectivity index (χ2n) is 4.60. The highest BCUT2D eigenvalue weighted by Gasteiger charge is 2.10. The third-order valence-corrected chi connectivity index (χ3v) is 2.88. The van der Waals surface area contributed by atoms with Gasteiger partial charge in [-0.3, -0.25) is 0 Å². The molecule has 1 heterocycles. The van der Waals surface area contributed by atoms with Crippen LogP contribution in [0.2, 0.25) is 0 Å². The van der Waals surface area contributed by atoms with Crippen molar-refractivity contribution >= 4 is 5.69 Å². The Kier molecular flexibility index (Phi) is 4.46. The zero-order valence-electron chi connectivity index (χ0n) is 11.5. The monoisotopic (exact) mass is 260 g/mol. The zero-order chi connectivity index (χ0) is 13.7. The van der Waals surface area contributed by atoms with E-state index in [9.17, 15) is 0 Å². The van der Waals surface area contributed by atoms with Gasteiger partial charge in [-0.25, -0.2) is 0 Å². The number of aromatic nitrogens is 4. The molecule has 1 aromatic heterocycles. The normalized spacial score (nSPS) is 10.7. The number of hydrogen-bond donors (Lipinski definition) is 1. The van der Waals surface area contributed by atoms with Gasteiger partial charge in [-0.1, -0.05) is 12.1 Å². The van der Waals surface area contributed by atoms with Gasteiger partial charge in [-0.15, -0.1) is 10.2 Å². The first-order valence-corrected chi connectivity index (χ1v) is 6.43. The SMILES string of the molecule is Cc1cccc(N(CCCN)Cc2nnn(C)n2)c1. The fourth-order valence-electron chi connectivity index (χ4n) is 1.96. The van der Waals surface area contributed by atoms with Crippen LogP contribution >= 0.6 is 0 Å². The summed E-state index contributed by atoms with van der Waals surface area (Å²) in [6.07, 6.45) is 0.939. The van der Waals surface area contributed by atoms with Crippen LogP contribution in [-0.2, 0) is 13.6 Å². The molecule has 0 saturated heterocycles. The van der Waals surface area contributed by atoms with Crippen molar-refractivity contribution in [2.75, 3.05) is 18.0 Å². The molecule has 0 aliphatic rings. The van der Waals surface area contributed by atoms with E-state index >= 15 is 0 Å². The zero-order valence-corrected chi connectivity index (χ0v) is 11.5. The van der Waals surface area contributed by atoms with Gasteiger partial charge in [0.25, 0.3) is 0 Å². The summed E-state index contributed by atoms with van der Waals surface area (Å²) in [6.45, 7) is 4.30. The Morgan fingerprint density at radius 2 is 2.21 bits per heavy atom. The van der Waals surface area contributed by atoms with Crippen LogP contribution in [0.25, 0.3) is 0 Å². The second kappa shape index (κ2) is 6.29. The molecular weight excluding hydrogens is 240 g/mol. The molecule has 2 N–H and O–H groups in total. The van der Waals surface area contributed by atoms with E-state index in [1.54, 1.807) is 7.05 Å². The first-order chi connectivity index (χ1) is 9.19. The van der Waals surface area contributed by atoms with Gasteiger partial charge in [0.05, 0.1) is 13.6 Å². The van der Waals surface area contributed by atoms with Gasteiger partial charge in [-0.2, -0.15) is 4.80 Å². The summed E-state index contributed by atoms with van der Waals surface area (Å²) in [5, 5.41) is 12.1. The topological polar surface area (TPSA) is 72.9 Å². The van der Waals surface area contributed by atoms with Gasteiger partial charge in [0.2, 0.25) is 0 Å². The van der Waals surface area contributed by atoms with Gasteiger partial charge < -0.3 is 10.6 Å². The lowest BCUT2D eigenvalue weighted by Crippen LogP contribution is -2.26.